The Bertz CT molecular complexity index is 1440. The SMILES string of the molecule is Cc1c(S(=O)(=O)c2ccc3[nH]ncc3c2)cc(C(=O)NCc2c(Cl)cnn2C)n1CC(F)F. The highest BCUT2D eigenvalue weighted by Crippen LogP contribution is 2.29. The van der Waals surface area contributed by atoms with E-state index >= 15 is 0 Å². The Morgan fingerprint density at radius 1 is 1.27 bits per heavy atom. The van der Waals surface area contributed by atoms with Gasteiger partial charge in [-0.1, -0.05) is 11.6 Å². The van der Waals surface area contributed by atoms with Gasteiger partial charge >= 0.3 is 0 Å². The van der Waals surface area contributed by atoms with E-state index in [0.717, 1.165) is 10.6 Å². The molecule has 3 heterocycles. The molecule has 0 fully saturated rings. The predicted molar refractivity (Wildman–Crippen MR) is 116 cm³/mol. The van der Waals surface area contributed by atoms with Gasteiger partial charge in [0.25, 0.3) is 12.3 Å². The third-order valence-electron chi connectivity index (χ3n) is 5.31. The lowest BCUT2D eigenvalue weighted by Gasteiger charge is -2.12. The van der Waals surface area contributed by atoms with Crippen LogP contribution < -0.4 is 5.32 Å². The van der Waals surface area contributed by atoms with E-state index in [2.05, 4.69) is 20.6 Å². The van der Waals surface area contributed by atoms with Crippen molar-refractivity contribution >= 4 is 38.2 Å². The van der Waals surface area contributed by atoms with E-state index in [1.807, 2.05) is 0 Å². The van der Waals surface area contributed by atoms with E-state index in [-0.39, 0.29) is 27.7 Å². The highest BCUT2D eigenvalue weighted by atomic mass is 35.5. The molecule has 0 saturated heterocycles. The van der Waals surface area contributed by atoms with Crippen LogP contribution in [0.25, 0.3) is 10.9 Å². The minimum absolute atomic E-state index is 0.0215. The second-order valence-corrected chi connectivity index (χ2v) is 9.67. The largest absolute Gasteiger partial charge is 0.345 e. The van der Waals surface area contributed by atoms with Crippen LogP contribution in [0, 0.1) is 6.92 Å². The monoisotopic (exact) mass is 496 g/mol. The van der Waals surface area contributed by atoms with Gasteiger partial charge in [-0.25, -0.2) is 17.2 Å². The first-order chi connectivity index (χ1) is 15.6. The number of amides is 1. The maximum Gasteiger partial charge on any atom is 0.268 e. The van der Waals surface area contributed by atoms with E-state index in [4.69, 9.17) is 11.6 Å². The number of halogens is 3. The third kappa shape index (κ3) is 4.23. The smallest absolute Gasteiger partial charge is 0.268 e. The van der Waals surface area contributed by atoms with Gasteiger partial charge in [0.05, 0.1) is 51.5 Å². The summed E-state index contributed by atoms with van der Waals surface area (Å²) >= 11 is 6.04. The van der Waals surface area contributed by atoms with E-state index in [1.54, 1.807) is 13.1 Å². The summed E-state index contributed by atoms with van der Waals surface area (Å²) in [5.74, 6) is -0.720. The van der Waals surface area contributed by atoms with Gasteiger partial charge in [0.1, 0.15) is 5.69 Å². The number of hydrogen-bond donors (Lipinski definition) is 2. The molecule has 1 amide bonds. The Morgan fingerprint density at radius 3 is 2.70 bits per heavy atom. The molecule has 0 atom stereocenters. The van der Waals surface area contributed by atoms with Crippen LogP contribution in [0.2, 0.25) is 5.02 Å². The number of nitrogens with zero attached hydrogens (tertiary/aromatic N) is 4. The van der Waals surface area contributed by atoms with Gasteiger partial charge in [0.2, 0.25) is 9.84 Å². The van der Waals surface area contributed by atoms with Crippen molar-refractivity contribution in [2.24, 2.45) is 7.05 Å². The fourth-order valence-electron chi connectivity index (χ4n) is 3.56. The van der Waals surface area contributed by atoms with Crippen molar-refractivity contribution in [2.75, 3.05) is 0 Å². The topological polar surface area (TPSA) is 115 Å². The Balaban J connectivity index is 1.72. The summed E-state index contributed by atoms with van der Waals surface area (Å²) in [7, 11) is -2.47. The van der Waals surface area contributed by atoms with E-state index in [0.29, 0.717) is 21.6 Å². The summed E-state index contributed by atoms with van der Waals surface area (Å²) in [6, 6.07) is 5.50. The van der Waals surface area contributed by atoms with Gasteiger partial charge in [-0.15, -0.1) is 0 Å². The summed E-state index contributed by atoms with van der Waals surface area (Å²) in [4.78, 5) is 12.6. The zero-order chi connectivity index (χ0) is 23.9. The minimum Gasteiger partial charge on any atom is -0.345 e. The van der Waals surface area contributed by atoms with Crippen LogP contribution in [-0.2, 0) is 30.0 Å². The van der Waals surface area contributed by atoms with Crippen LogP contribution in [0.4, 0.5) is 8.78 Å². The summed E-state index contributed by atoms with van der Waals surface area (Å²) in [6.45, 7) is 0.532. The molecule has 0 radical (unpaired) electrons. The van der Waals surface area contributed by atoms with E-state index in [1.165, 1.54) is 36.1 Å². The molecule has 0 saturated carbocycles. The molecule has 4 aromatic rings. The second-order valence-electron chi connectivity index (χ2n) is 7.35. The number of alkyl halides is 2. The molecule has 174 valence electrons. The van der Waals surface area contributed by atoms with Gasteiger partial charge in [-0.05, 0) is 31.2 Å². The fraction of sp³-hybridized carbons (Fsp3) is 0.250. The van der Waals surface area contributed by atoms with Crippen molar-refractivity contribution < 1.29 is 22.0 Å². The molecular weight excluding hydrogens is 478 g/mol. The first kappa shape index (κ1) is 22.9. The summed E-state index contributed by atoms with van der Waals surface area (Å²) < 4.78 is 55.7. The molecular formula is C20H19ClF2N6O3S. The van der Waals surface area contributed by atoms with Crippen molar-refractivity contribution in [3.05, 3.63) is 58.8 Å². The van der Waals surface area contributed by atoms with Crippen molar-refractivity contribution in [3.63, 3.8) is 0 Å². The lowest BCUT2D eigenvalue weighted by atomic mass is 10.3. The first-order valence-corrected chi connectivity index (χ1v) is 11.6. The van der Waals surface area contributed by atoms with Gasteiger partial charge in [0, 0.05) is 18.1 Å². The molecule has 0 spiro atoms. The number of rotatable bonds is 7. The lowest BCUT2D eigenvalue weighted by molar-refractivity contribution is 0.0926. The van der Waals surface area contributed by atoms with Crippen LogP contribution in [0.1, 0.15) is 21.9 Å². The van der Waals surface area contributed by atoms with Crippen molar-refractivity contribution in [1.29, 1.82) is 0 Å². The molecule has 2 N–H and O–H groups in total. The van der Waals surface area contributed by atoms with Crippen LogP contribution in [0.5, 0.6) is 0 Å². The summed E-state index contributed by atoms with van der Waals surface area (Å²) in [5.41, 5.74) is 0.991. The Kier molecular flexibility index (Phi) is 5.97. The first-order valence-electron chi connectivity index (χ1n) is 9.70. The van der Waals surface area contributed by atoms with Crippen LogP contribution in [0.3, 0.4) is 0 Å². The zero-order valence-electron chi connectivity index (χ0n) is 17.5. The molecule has 9 nitrogen and oxygen atoms in total. The lowest BCUT2D eigenvalue weighted by Crippen LogP contribution is -2.27. The number of H-pyrrole nitrogens is 1. The predicted octanol–water partition coefficient (Wildman–Crippen LogP) is 3.09. The third-order valence-corrected chi connectivity index (χ3v) is 7.49. The summed E-state index contributed by atoms with van der Waals surface area (Å²) in [6.07, 6.45) is 0.0897. The van der Waals surface area contributed by atoms with Gasteiger partial charge < -0.3 is 9.88 Å². The normalized spacial score (nSPS) is 12.1. The van der Waals surface area contributed by atoms with E-state index in [9.17, 15) is 22.0 Å². The van der Waals surface area contributed by atoms with Crippen molar-refractivity contribution in [3.8, 4) is 0 Å². The van der Waals surface area contributed by atoms with Gasteiger partial charge in [-0.3, -0.25) is 14.6 Å². The second kappa shape index (κ2) is 8.60. The molecule has 0 bridgehead atoms. The molecule has 33 heavy (non-hydrogen) atoms. The van der Waals surface area contributed by atoms with Gasteiger partial charge in [-0.2, -0.15) is 10.2 Å². The standard InChI is InChI=1S/C20H19ClF2N6O3S/c1-11-18(33(31,32)13-3-4-15-12(5-13)7-25-27-15)6-16(29(11)10-19(22)23)20(30)24-9-17-14(21)8-26-28(17)2/h3-8,19H,9-10H2,1-2H3,(H,24,30)(H,25,27). The number of sulfone groups is 1. The highest BCUT2D eigenvalue weighted by Gasteiger charge is 2.28. The molecule has 0 aliphatic heterocycles. The van der Waals surface area contributed by atoms with Gasteiger partial charge in [0.15, 0.2) is 0 Å². The highest BCUT2D eigenvalue weighted by molar-refractivity contribution is 7.91. The number of benzene rings is 1. The molecule has 13 heteroatoms. The molecule has 1 aromatic carbocycles. The number of hydrogen-bond acceptors (Lipinski definition) is 5. The van der Waals surface area contributed by atoms with Crippen LogP contribution >= 0.6 is 11.6 Å². The minimum atomic E-state index is -4.10. The van der Waals surface area contributed by atoms with E-state index < -0.39 is 28.7 Å². The quantitative estimate of drug-likeness (QED) is 0.408. The summed E-state index contributed by atoms with van der Waals surface area (Å²) in [5, 5.41) is 14.1. The number of carbonyl (C=O) groups is 1. The average Bonchev–Trinajstić information content (AvgIpc) is 3.44. The number of carbonyl (C=O) groups excluding carboxylic acids is 1. The van der Waals surface area contributed by atoms with Crippen molar-refractivity contribution in [1.82, 2.24) is 29.9 Å². The number of fused-ring (bicyclic) bond motifs is 1. The van der Waals surface area contributed by atoms with Crippen LogP contribution in [-0.4, -0.2) is 45.3 Å². The Hall–Kier alpha value is -3.25. The number of aryl methyl sites for hydroxylation is 1. The Morgan fingerprint density at radius 2 is 2.03 bits per heavy atom. The Labute approximate surface area is 192 Å². The maximum absolute atomic E-state index is 13.3. The number of aromatic nitrogens is 5. The molecule has 0 aliphatic rings. The maximum atomic E-state index is 13.3. The molecule has 0 unspecified atom stereocenters. The number of nitrogens with one attached hydrogen (secondary N) is 2. The average molecular weight is 497 g/mol. The molecule has 0 aliphatic carbocycles. The number of aromatic amines is 1. The van der Waals surface area contributed by atoms with Crippen molar-refractivity contribution in [2.45, 2.75) is 36.2 Å². The molecule has 3 aromatic heterocycles. The van der Waals surface area contributed by atoms with Crippen LogP contribution in [0.15, 0.2) is 46.5 Å². The fourth-order valence-corrected chi connectivity index (χ4v) is 5.34. The zero-order valence-corrected chi connectivity index (χ0v) is 19.1. The molecule has 4 rings (SSSR count).